The number of nitrogens with zero attached hydrogens (tertiary/aromatic N) is 4. The summed E-state index contributed by atoms with van der Waals surface area (Å²) in [5.74, 6) is 0.922. The average Bonchev–Trinajstić information content (AvgIpc) is 3.59. The van der Waals surface area contributed by atoms with Crippen LogP contribution in [0.1, 0.15) is 51.0 Å². The van der Waals surface area contributed by atoms with Crippen molar-refractivity contribution < 1.29 is 28.6 Å². The van der Waals surface area contributed by atoms with Gasteiger partial charge in [-0.05, 0) is 37.7 Å². The minimum atomic E-state index is -0.413. The molecule has 1 aliphatic heterocycles. The summed E-state index contributed by atoms with van der Waals surface area (Å²) in [6, 6.07) is 0.466. The number of aromatic nitrogens is 2. The van der Waals surface area contributed by atoms with Gasteiger partial charge in [-0.2, -0.15) is 4.98 Å². The zero-order valence-corrected chi connectivity index (χ0v) is 28.0. The molecule has 2 saturated carbocycles. The van der Waals surface area contributed by atoms with Gasteiger partial charge in [0.05, 0.1) is 45.0 Å². The number of urea groups is 1. The van der Waals surface area contributed by atoms with Crippen LogP contribution in [0.3, 0.4) is 0 Å². The fraction of sp³-hybridized carbons (Fsp3) is 0.531. The molecule has 2 aliphatic carbocycles. The maximum Gasteiger partial charge on any atom is 0.330 e. The van der Waals surface area contributed by atoms with E-state index in [2.05, 4.69) is 22.2 Å². The van der Waals surface area contributed by atoms with Gasteiger partial charge in [0.25, 0.3) is 0 Å². The van der Waals surface area contributed by atoms with Crippen molar-refractivity contribution in [3.8, 4) is 11.5 Å². The number of halogens is 2. The van der Waals surface area contributed by atoms with Gasteiger partial charge in [0.1, 0.15) is 27.4 Å². The number of ether oxygens (including phenoxy) is 3. The van der Waals surface area contributed by atoms with Gasteiger partial charge >= 0.3 is 12.0 Å². The smallest absolute Gasteiger partial charge is 0.330 e. The highest BCUT2D eigenvalue weighted by atomic mass is 35.5. The Balaban J connectivity index is 1.44. The van der Waals surface area contributed by atoms with E-state index in [9.17, 15) is 14.4 Å². The Hall–Kier alpha value is -3.77. The van der Waals surface area contributed by atoms with Crippen LogP contribution in [0.4, 0.5) is 22.2 Å². The van der Waals surface area contributed by atoms with Gasteiger partial charge in [-0.1, -0.05) is 55.5 Å². The number of fused-ring (bicyclic) bond motifs is 1. The molecule has 2 N–H and O–H groups in total. The normalized spacial score (nSPS) is 23.0. The highest BCUT2D eigenvalue weighted by Crippen LogP contribution is 2.48. The zero-order valence-electron chi connectivity index (χ0n) is 26.5. The number of carbonyl (C=O) groups excluding carboxylic acids is 3. The molecule has 0 spiro atoms. The molecule has 248 valence electrons. The molecule has 1 aromatic carbocycles. The monoisotopic (exact) mass is 674 g/mol. The van der Waals surface area contributed by atoms with Crippen LogP contribution < -0.4 is 29.9 Å². The molecule has 3 amide bonds. The van der Waals surface area contributed by atoms with E-state index in [0.29, 0.717) is 54.2 Å². The number of amides is 3. The van der Waals surface area contributed by atoms with Crippen molar-refractivity contribution in [2.24, 2.45) is 17.8 Å². The number of rotatable bonds is 10. The molecule has 1 aromatic heterocycles. The highest BCUT2D eigenvalue weighted by Gasteiger charge is 2.46. The van der Waals surface area contributed by atoms with E-state index in [1.165, 1.54) is 30.1 Å². The van der Waals surface area contributed by atoms with Gasteiger partial charge in [0.2, 0.25) is 11.9 Å². The van der Waals surface area contributed by atoms with E-state index >= 15 is 0 Å². The first-order chi connectivity index (χ1) is 22.1. The van der Waals surface area contributed by atoms with E-state index in [1.54, 1.807) is 26.2 Å². The Labute approximate surface area is 278 Å². The lowest BCUT2D eigenvalue weighted by Gasteiger charge is -2.43. The molecule has 2 aromatic rings. The second kappa shape index (κ2) is 14.3. The Bertz CT molecular complexity index is 1470. The number of methoxy groups -OCH3 is 2. The summed E-state index contributed by atoms with van der Waals surface area (Å²) in [6.45, 7) is 5.80. The van der Waals surface area contributed by atoms with Crippen LogP contribution in [0.25, 0.3) is 0 Å². The maximum absolute atomic E-state index is 13.7. The van der Waals surface area contributed by atoms with Crippen molar-refractivity contribution in [1.29, 1.82) is 0 Å². The standard InChI is InChI=1S/C32H40Cl2N6O6/c1-6-25(41)36-21-13-20(30(42)46-7-2)19(17-10-8-9-11-17)12-22(21)37-31-35-15-18-16-40(32(43)39(3)29(18)38-31)28-26(33)23(44-4)14-24(45-5)27(28)34/h6,14-15,17,19-22H,1,7-13,16H2,2-5H3,(H,36,41)(H,35,37,38)/t19?,20-,21-,22+/m0/s1. The van der Waals surface area contributed by atoms with Crippen LogP contribution in [0.2, 0.25) is 10.0 Å². The minimum Gasteiger partial charge on any atom is -0.495 e. The van der Waals surface area contributed by atoms with Crippen LogP contribution in [0, 0.1) is 17.8 Å². The topological polar surface area (TPSA) is 135 Å². The van der Waals surface area contributed by atoms with Gasteiger partial charge in [-0.25, -0.2) is 9.78 Å². The van der Waals surface area contributed by atoms with Crippen molar-refractivity contribution in [3.05, 3.63) is 40.5 Å². The number of esters is 1. The van der Waals surface area contributed by atoms with E-state index in [-0.39, 0.29) is 52.0 Å². The lowest BCUT2D eigenvalue weighted by Crippen LogP contribution is -2.55. The van der Waals surface area contributed by atoms with Gasteiger partial charge < -0.3 is 24.8 Å². The maximum atomic E-state index is 13.7. The first-order valence-corrected chi connectivity index (χ1v) is 16.2. The lowest BCUT2D eigenvalue weighted by molar-refractivity contribution is -0.153. The number of hydrogen-bond acceptors (Lipinski definition) is 9. The second-order valence-electron chi connectivity index (χ2n) is 11.8. The van der Waals surface area contributed by atoms with E-state index < -0.39 is 12.1 Å². The first kappa shape index (κ1) is 33.6. The largest absolute Gasteiger partial charge is 0.495 e. The number of nitrogens with one attached hydrogen (secondary N) is 2. The molecule has 4 atom stereocenters. The predicted molar refractivity (Wildman–Crippen MR) is 176 cm³/mol. The SMILES string of the molecule is C=CC(=O)N[C@H]1C[C@H](C(=O)OCC)C(C2CCCC2)C[C@H]1Nc1ncc2c(n1)N(C)C(=O)N(c1c(Cl)c(OC)cc(OC)c1Cl)C2. The fourth-order valence-corrected chi connectivity index (χ4v) is 7.76. The third-order valence-corrected chi connectivity index (χ3v) is 10.0. The predicted octanol–water partition coefficient (Wildman–Crippen LogP) is 5.61. The third kappa shape index (κ3) is 6.55. The van der Waals surface area contributed by atoms with Crippen molar-refractivity contribution >= 4 is 58.6 Å². The Morgan fingerprint density at radius 3 is 2.39 bits per heavy atom. The number of benzene rings is 1. The summed E-state index contributed by atoms with van der Waals surface area (Å²) >= 11 is 13.3. The molecule has 0 bridgehead atoms. The average molecular weight is 676 g/mol. The van der Waals surface area contributed by atoms with Crippen molar-refractivity contribution in [3.63, 3.8) is 0 Å². The summed E-state index contributed by atoms with van der Waals surface area (Å²) < 4.78 is 16.3. The van der Waals surface area contributed by atoms with Crippen LogP contribution in [0.5, 0.6) is 11.5 Å². The van der Waals surface area contributed by atoms with Crippen LogP contribution >= 0.6 is 23.2 Å². The summed E-state index contributed by atoms with van der Waals surface area (Å²) in [7, 11) is 4.54. The molecular weight excluding hydrogens is 635 g/mol. The highest BCUT2D eigenvalue weighted by molar-refractivity contribution is 6.42. The molecule has 12 nitrogen and oxygen atoms in total. The molecule has 14 heteroatoms. The molecule has 0 radical (unpaired) electrons. The van der Waals surface area contributed by atoms with Crippen LogP contribution in [-0.4, -0.2) is 67.8 Å². The van der Waals surface area contributed by atoms with Gasteiger partial charge in [-0.3, -0.25) is 19.4 Å². The lowest BCUT2D eigenvalue weighted by atomic mass is 9.68. The molecule has 2 fully saturated rings. The Morgan fingerprint density at radius 1 is 1.11 bits per heavy atom. The first-order valence-electron chi connectivity index (χ1n) is 15.5. The third-order valence-electron chi connectivity index (χ3n) is 9.28. The molecule has 46 heavy (non-hydrogen) atoms. The Morgan fingerprint density at radius 2 is 1.78 bits per heavy atom. The van der Waals surface area contributed by atoms with Gasteiger partial charge in [-0.15, -0.1) is 0 Å². The minimum absolute atomic E-state index is 0.0840. The van der Waals surface area contributed by atoms with Crippen molar-refractivity contribution in [1.82, 2.24) is 15.3 Å². The number of carbonyl (C=O) groups is 3. The quantitative estimate of drug-likeness (QED) is 0.244. The van der Waals surface area contributed by atoms with Crippen LogP contribution in [-0.2, 0) is 20.9 Å². The molecule has 1 unspecified atom stereocenters. The summed E-state index contributed by atoms with van der Waals surface area (Å²) in [6.07, 6.45) is 8.29. The van der Waals surface area contributed by atoms with Crippen LogP contribution in [0.15, 0.2) is 24.9 Å². The molecule has 5 rings (SSSR count). The molecule has 0 saturated heterocycles. The summed E-state index contributed by atoms with van der Waals surface area (Å²) in [5, 5.41) is 6.78. The van der Waals surface area contributed by atoms with E-state index in [1.807, 2.05) is 0 Å². The zero-order chi connectivity index (χ0) is 33.1. The molecule has 2 heterocycles. The van der Waals surface area contributed by atoms with E-state index in [4.69, 9.17) is 42.4 Å². The molecular formula is C32H40Cl2N6O6. The number of hydrogen-bond donors (Lipinski definition) is 2. The van der Waals surface area contributed by atoms with E-state index in [0.717, 1.165) is 25.7 Å². The van der Waals surface area contributed by atoms with Gasteiger partial charge in [0.15, 0.2) is 0 Å². The summed E-state index contributed by atoms with van der Waals surface area (Å²) in [5.41, 5.74) is 0.911. The van der Waals surface area contributed by atoms with Gasteiger partial charge in [0, 0.05) is 30.9 Å². The van der Waals surface area contributed by atoms with Crippen molar-refractivity contribution in [2.75, 3.05) is 43.0 Å². The molecule has 3 aliphatic rings. The fourth-order valence-electron chi connectivity index (χ4n) is 7.05. The number of anilines is 3. The Kier molecular flexibility index (Phi) is 10.5. The summed E-state index contributed by atoms with van der Waals surface area (Å²) in [4.78, 5) is 51.5. The van der Waals surface area contributed by atoms with Crippen molar-refractivity contribution in [2.45, 2.75) is 64.1 Å². The second-order valence-corrected chi connectivity index (χ2v) is 12.6.